The van der Waals surface area contributed by atoms with Crippen molar-refractivity contribution in [3.63, 3.8) is 0 Å². The molecule has 4 nitrogen and oxygen atoms in total. The number of carboxylic acids is 1. The van der Waals surface area contributed by atoms with Gasteiger partial charge in [0.25, 0.3) is 0 Å². The van der Waals surface area contributed by atoms with Gasteiger partial charge in [-0.05, 0) is 13.8 Å². The molecule has 1 heterocycles. The predicted molar refractivity (Wildman–Crippen MR) is 52.2 cm³/mol. The summed E-state index contributed by atoms with van der Waals surface area (Å²) in [6, 6.07) is 0. The van der Waals surface area contributed by atoms with E-state index in [9.17, 15) is 4.79 Å². The molecule has 0 spiro atoms. The first kappa shape index (κ1) is 10.6. The molecule has 0 saturated carbocycles. The fraction of sp³-hybridized carbons (Fsp3) is 0.500. The Morgan fingerprint density at radius 1 is 1.29 bits per heavy atom. The summed E-state index contributed by atoms with van der Waals surface area (Å²) in [6.45, 7) is 5.63. The second-order valence-corrected chi connectivity index (χ2v) is 3.21. The lowest BCUT2D eigenvalue weighted by molar-refractivity contribution is -0.136. The third kappa shape index (κ3) is 2.28. The molecule has 0 aromatic carbocycles. The van der Waals surface area contributed by atoms with Crippen LogP contribution in [0.15, 0.2) is 0 Å². The van der Waals surface area contributed by atoms with Gasteiger partial charge in [0.05, 0.1) is 6.42 Å². The first-order valence-corrected chi connectivity index (χ1v) is 4.59. The van der Waals surface area contributed by atoms with Crippen LogP contribution < -0.4 is 0 Å². The molecule has 1 N–H and O–H groups in total. The van der Waals surface area contributed by atoms with Crippen LogP contribution in [0.25, 0.3) is 0 Å². The molecular formula is C10H14N2O2. The van der Waals surface area contributed by atoms with Gasteiger partial charge >= 0.3 is 5.97 Å². The third-order valence-electron chi connectivity index (χ3n) is 2.11. The van der Waals surface area contributed by atoms with Crippen LogP contribution in [0.3, 0.4) is 0 Å². The number of nitrogens with zero attached hydrogens (tertiary/aromatic N) is 2. The van der Waals surface area contributed by atoms with E-state index in [1.54, 1.807) is 0 Å². The highest BCUT2D eigenvalue weighted by Crippen LogP contribution is 2.11. The molecule has 14 heavy (non-hydrogen) atoms. The summed E-state index contributed by atoms with van der Waals surface area (Å²) in [5.74, 6) is -0.0711. The van der Waals surface area contributed by atoms with Crippen molar-refractivity contribution >= 4 is 5.97 Å². The second kappa shape index (κ2) is 4.17. The number of rotatable bonds is 3. The van der Waals surface area contributed by atoms with Crippen LogP contribution in [-0.4, -0.2) is 21.0 Å². The molecular weight excluding hydrogens is 180 g/mol. The van der Waals surface area contributed by atoms with Crippen molar-refractivity contribution in [2.75, 3.05) is 0 Å². The number of aromatic nitrogens is 2. The van der Waals surface area contributed by atoms with Crippen molar-refractivity contribution in [1.82, 2.24) is 9.97 Å². The molecule has 0 aliphatic heterocycles. The van der Waals surface area contributed by atoms with Crippen LogP contribution in [0.2, 0.25) is 0 Å². The van der Waals surface area contributed by atoms with Gasteiger partial charge in [-0.15, -0.1) is 0 Å². The van der Waals surface area contributed by atoms with Gasteiger partial charge in [0, 0.05) is 23.4 Å². The Kier molecular flexibility index (Phi) is 3.17. The summed E-state index contributed by atoms with van der Waals surface area (Å²) >= 11 is 0. The second-order valence-electron chi connectivity index (χ2n) is 3.21. The quantitative estimate of drug-likeness (QED) is 0.787. The summed E-state index contributed by atoms with van der Waals surface area (Å²) < 4.78 is 0. The van der Waals surface area contributed by atoms with Gasteiger partial charge in [-0.2, -0.15) is 0 Å². The summed E-state index contributed by atoms with van der Waals surface area (Å²) in [7, 11) is 0. The average Bonchev–Trinajstić information content (AvgIpc) is 2.10. The van der Waals surface area contributed by atoms with Gasteiger partial charge in [-0.3, -0.25) is 4.79 Å². The molecule has 1 rings (SSSR count). The standard InChI is InChI=1S/C10H14N2O2/c1-4-9-11-6(2)8(5-10(13)14)7(3)12-9/h4-5H2,1-3H3,(H,13,14). The zero-order chi connectivity index (χ0) is 10.7. The van der Waals surface area contributed by atoms with E-state index in [4.69, 9.17) is 5.11 Å². The van der Waals surface area contributed by atoms with E-state index in [0.29, 0.717) is 0 Å². The normalized spacial score (nSPS) is 10.2. The molecule has 1 aromatic rings. The Labute approximate surface area is 83.0 Å². The van der Waals surface area contributed by atoms with E-state index in [0.717, 1.165) is 29.2 Å². The van der Waals surface area contributed by atoms with Gasteiger partial charge in [0.15, 0.2) is 0 Å². The Balaban J connectivity index is 3.11. The Morgan fingerprint density at radius 2 is 1.79 bits per heavy atom. The van der Waals surface area contributed by atoms with Crippen LogP contribution in [0.1, 0.15) is 29.7 Å². The topological polar surface area (TPSA) is 63.1 Å². The lowest BCUT2D eigenvalue weighted by atomic mass is 10.1. The fourth-order valence-electron chi connectivity index (χ4n) is 1.37. The SMILES string of the molecule is CCc1nc(C)c(CC(=O)O)c(C)n1. The van der Waals surface area contributed by atoms with E-state index in [1.165, 1.54) is 0 Å². The number of carboxylic acid groups (broad SMARTS) is 1. The molecule has 0 bridgehead atoms. The van der Waals surface area contributed by atoms with Crippen molar-refractivity contribution < 1.29 is 9.90 Å². The van der Waals surface area contributed by atoms with Crippen molar-refractivity contribution in [2.24, 2.45) is 0 Å². The van der Waals surface area contributed by atoms with E-state index >= 15 is 0 Å². The third-order valence-corrected chi connectivity index (χ3v) is 2.11. The van der Waals surface area contributed by atoms with Crippen LogP contribution in [0, 0.1) is 13.8 Å². The summed E-state index contributed by atoms with van der Waals surface area (Å²) in [4.78, 5) is 19.0. The molecule has 1 aromatic heterocycles. The molecule has 0 unspecified atom stereocenters. The molecule has 0 aliphatic carbocycles. The van der Waals surface area contributed by atoms with Crippen LogP contribution >= 0.6 is 0 Å². The van der Waals surface area contributed by atoms with Crippen LogP contribution in [0.4, 0.5) is 0 Å². The Bertz CT molecular complexity index is 338. The minimum atomic E-state index is -0.843. The first-order valence-electron chi connectivity index (χ1n) is 4.59. The van der Waals surface area contributed by atoms with Crippen molar-refractivity contribution in [3.05, 3.63) is 22.8 Å². The smallest absolute Gasteiger partial charge is 0.307 e. The highest BCUT2D eigenvalue weighted by atomic mass is 16.4. The maximum Gasteiger partial charge on any atom is 0.307 e. The molecule has 0 amide bonds. The van der Waals surface area contributed by atoms with Crippen LogP contribution in [0.5, 0.6) is 0 Å². The zero-order valence-corrected chi connectivity index (χ0v) is 8.66. The Hall–Kier alpha value is -1.45. The minimum Gasteiger partial charge on any atom is -0.481 e. The average molecular weight is 194 g/mol. The minimum absolute atomic E-state index is 0.00165. The van der Waals surface area contributed by atoms with Gasteiger partial charge in [-0.25, -0.2) is 9.97 Å². The molecule has 0 fully saturated rings. The first-order chi connectivity index (χ1) is 6.54. The van der Waals surface area contributed by atoms with E-state index in [1.807, 2.05) is 20.8 Å². The molecule has 4 heteroatoms. The number of aryl methyl sites for hydroxylation is 3. The molecule has 0 aliphatic rings. The van der Waals surface area contributed by atoms with Gasteiger partial charge in [0.1, 0.15) is 5.82 Å². The maximum absolute atomic E-state index is 10.6. The molecule has 0 atom stereocenters. The predicted octanol–water partition coefficient (Wildman–Crippen LogP) is 1.28. The van der Waals surface area contributed by atoms with Gasteiger partial charge in [0.2, 0.25) is 0 Å². The number of aliphatic carboxylic acids is 1. The maximum atomic E-state index is 10.6. The largest absolute Gasteiger partial charge is 0.481 e. The fourth-order valence-corrected chi connectivity index (χ4v) is 1.37. The summed E-state index contributed by atoms with van der Waals surface area (Å²) in [5.41, 5.74) is 2.28. The summed E-state index contributed by atoms with van der Waals surface area (Å²) in [6.07, 6.45) is 0.774. The van der Waals surface area contributed by atoms with Crippen molar-refractivity contribution in [3.8, 4) is 0 Å². The highest BCUT2D eigenvalue weighted by molar-refractivity contribution is 5.70. The number of carbonyl (C=O) groups is 1. The van der Waals surface area contributed by atoms with E-state index in [2.05, 4.69) is 9.97 Å². The molecule has 0 radical (unpaired) electrons. The lowest BCUT2D eigenvalue weighted by Gasteiger charge is -2.07. The number of hydrogen-bond donors (Lipinski definition) is 1. The molecule has 76 valence electrons. The van der Waals surface area contributed by atoms with Crippen molar-refractivity contribution in [1.29, 1.82) is 0 Å². The summed E-state index contributed by atoms with van der Waals surface area (Å²) in [5, 5.41) is 8.69. The van der Waals surface area contributed by atoms with Crippen LogP contribution in [-0.2, 0) is 17.6 Å². The van der Waals surface area contributed by atoms with E-state index in [-0.39, 0.29) is 6.42 Å². The monoisotopic (exact) mass is 194 g/mol. The van der Waals surface area contributed by atoms with Crippen molar-refractivity contribution in [2.45, 2.75) is 33.6 Å². The lowest BCUT2D eigenvalue weighted by Crippen LogP contribution is -2.09. The Morgan fingerprint density at radius 3 is 2.14 bits per heavy atom. The van der Waals surface area contributed by atoms with E-state index < -0.39 is 5.97 Å². The number of hydrogen-bond acceptors (Lipinski definition) is 3. The van der Waals surface area contributed by atoms with Gasteiger partial charge < -0.3 is 5.11 Å². The zero-order valence-electron chi connectivity index (χ0n) is 8.66. The molecule has 0 saturated heterocycles. The highest BCUT2D eigenvalue weighted by Gasteiger charge is 2.10. The van der Waals surface area contributed by atoms with Gasteiger partial charge in [-0.1, -0.05) is 6.92 Å².